The van der Waals surface area contributed by atoms with Crippen LogP contribution in [-0.4, -0.2) is 36.8 Å². The summed E-state index contributed by atoms with van der Waals surface area (Å²) in [5.41, 5.74) is 2.90. The fraction of sp³-hybridized carbons (Fsp3) is 0.571. The van der Waals surface area contributed by atoms with Crippen LogP contribution in [0, 0.1) is 13.8 Å². The summed E-state index contributed by atoms with van der Waals surface area (Å²) in [6.45, 7) is 2.01. The zero-order chi connectivity index (χ0) is 15.3. The van der Waals surface area contributed by atoms with Crippen molar-refractivity contribution < 1.29 is 27.4 Å². The van der Waals surface area contributed by atoms with E-state index in [1.165, 1.54) is 0 Å². The van der Waals surface area contributed by atoms with Crippen LogP contribution in [0.3, 0.4) is 0 Å². The Morgan fingerprint density at radius 3 is 2.20 bits per heavy atom. The van der Waals surface area contributed by atoms with Crippen LogP contribution < -0.4 is 0 Å². The first-order valence-corrected chi connectivity index (χ1v) is 6.19. The Balaban J connectivity index is 2.42. The molecule has 0 heterocycles. The average molecular weight is 294 g/mol. The van der Waals surface area contributed by atoms with Crippen LogP contribution in [-0.2, 0) is 11.2 Å². The van der Waals surface area contributed by atoms with Crippen LogP contribution in [0.25, 0.3) is 0 Å². The zero-order valence-electron chi connectivity index (χ0n) is 11.4. The van der Waals surface area contributed by atoms with E-state index in [0.717, 1.165) is 16.7 Å². The van der Waals surface area contributed by atoms with Crippen molar-refractivity contribution in [3.8, 4) is 0 Å². The van der Waals surface area contributed by atoms with Gasteiger partial charge in [-0.05, 0) is 19.4 Å². The number of aliphatic hydroxyl groups is 1. The number of ether oxygens (including phenoxy) is 1. The van der Waals surface area contributed by atoms with Gasteiger partial charge < -0.3 is 9.84 Å². The van der Waals surface area contributed by atoms with Gasteiger partial charge in [-0.3, -0.25) is 0 Å². The summed E-state index contributed by atoms with van der Waals surface area (Å²) in [6, 6.07) is 5.70. The van der Waals surface area contributed by atoms with E-state index in [4.69, 9.17) is 0 Å². The molecule has 0 aliphatic rings. The van der Waals surface area contributed by atoms with Crippen molar-refractivity contribution in [2.45, 2.75) is 38.7 Å². The van der Waals surface area contributed by atoms with E-state index in [0.29, 0.717) is 0 Å². The van der Waals surface area contributed by atoms with Gasteiger partial charge in [0.15, 0.2) is 0 Å². The van der Waals surface area contributed by atoms with Gasteiger partial charge in [0.2, 0.25) is 0 Å². The van der Waals surface area contributed by atoms with Crippen molar-refractivity contribution in [2.75, 3.05) is 13.2 Å². The topological polar surface area (TPSA) is 29.5 Å². The Bertz CT molecular complexity index is 415. The third kappa shape index (κ3) is 5.46. The van der Waals surface area contributed by atoms with E-state index < -0.39 is 31.7 Å². The molecule has 1 rings (SSSR count). The Kier molecular flexibility index (Phi) is 5.95. The number of aliphatic hydroxyl groups excluding tert-OH is 1. The molecule has 1 aromatic rings. The van der Waals surface area contributed by atoms with Crippen LogP contribution in [0.15, 0.2) is 18.2 Å². The van der Waals surface area contributed by atoms with E-state index in [2.05, 4.69) is 4.74 Å². The number of rotatable bonds is 7. The maximum absolute atomic E-state index is 12.6. The molecule has 1 N–H and O–H groups in total. The summed E-state index contributed by atoms with van der Waals surface area (Å²) in [6.07, 6.45) is -4.55. The highest BCUT2D eigenvalue weighted by Gasteiger charge is 2.41. The Labute approximate surface area is 115 Å². The van der Waals surface area contributed by atoms with E-state index >= 15 is 0 Å². The smallest absolute Gasteiger partial charge is 0.330 e. The molecule has 1 atom stereocenters. The van der Waals surface area contributed by atoms with Gasteiger partial charge in [0.25, 0.3) is 0 Å². The van der Waals surface area contributed by atoms with Gasteiger partial charge in [-0.1, -0.05) is 29.3 Å². The second kappa shape index (κ2) is 7.04. The van der Waals surface area contributed by atoms with Gasteiger partial charge >= 0.3 is 12.3 Å². The van der Waals surface area contributed by atoms with Crippen LogP contribution in [0.4, 0.5) is 17.6 Å². The molecule has 0 saturated carbocycles. The number of alkyl halides is 4. The molecule has 6 heteroatoms. The summed E-state index contributed by atoms with van der Waals surface area (Å²) in [7, 11) is 0. The summed E-state index contributed by atoms with van der Waals surface area (Å²) in [5, 5.41) is 9.66. The number of halogens is 4. The van der Waals surface area contributed by atoms with Gasteiger partial charge in [0, 0.05) is 6.42 Å². The molecule has 0 aromatic heterocycles. The Hall–Kier alpha value is -1.14. The lowest BCUT2D eigenvalue weighted by Gasteiger charge is -2.17. The van der Waals surface area contributed by atoms with E-state index in [1.807, 2.05) is 32.0 Å². The molecule has 114 valence electrons. The zero-order valence-corrected chi connectivity index (χ0v) is 11.4. The normalized spacial score (nSPS) is 13.8. The van der Waals surface area contributed by atoms with Crippen LogP contribution >= 0.6 is 0 Å². The number of benzene rings is 1. The third-order valence-corrected chi connectivity index (χ3v) is 2.68. The maximum Gasteiger partial charge on any atom is 0.330 e. The molecule has 1 aromatic carbocycles. The first-order valence-electron chi connectivity index (χ1n) is 6.19. The number of aryl methyl sites for hydroxylation is 2. The fourth-order valence-electron chi connectivity index (χ4n) is 1.91. The second-order valence-electron chi connectivity index (χ2n) is 4.93. The van der Waals surface area contributed by atoms with Gasteiger partial charge in [-0.25, -0.2) is 8.78 Å². The third-order valence-electron chi connectivity index (χ3n) is 2.68. The lowest BCUT2D eigenvalue weighted by atomic mass is 10.0. The molecule has 1 unspecified atom stereocenters. The molecular weight excluding hydrogens is 276 g/mol. The molecular formula is C14H18F4O2. The molecule has 0 aliphatic carbocycles. The summed E-state index contributed by atoms with van der Waals surface area (Å²) in [5.74, 6) is -4.18. The number of hydrogen-bond acceptors (Lipinski definition) is 2. The SMILES string of the molecule is Cc1cc(C)cc(CC(O)COCC(F)(F)C(F)F)c1. The standard InChI is InChI=1S/C14H18F4O2/c1-9-3-10(2)5-11(4-9)6-12(19)7-20-8-14(17,18)13(15)16/h3-5,12-13,19H,6-8H2,1-2H3. The summed E-state index contributed by atoms with van der Waals surface area (Å²) < 4.78 is 53.4. The van der Waals surface area contributed by atoms with E-state index in [1.54, 1.807) is 0 Å². The van der Waals surface area contributed by atoms with Crippen molar-refractivity contribution in [2.24, 2.45) is 0 Å². The Morgan fingerprint density at radius 1 is 1.15 bits per heavy atom. The molecule has 0 amide bonds. The van der Waals surface area contributed by atoms with Crippen molar-refractivity contribution in [1.82, 2.24) is 0 Å². The molecule has 0 fully saturated rings. The highest BCUT2D eigenvalue weighted by atomic mass is 19.3. The predicted octanol–water partition coefficient (Wildman–Crippen LogP) is 3.12. The van der Waals surface area contributed by atoms with E-state index in [9.17, 15) is 22.7 Å². The van der Waals surface area contributed by atoms with Crippen LogP contribution in [0.2, 0.25) is 0 Å². The van der Waals surface area contributed by atoms with Crippen molar-refractivity contribution in [1.29, 1.82) is 0 Å². The van der Waals surface area contributed by atoms with Gasteiger partial charge in [-0.15, -0.1) is 0 Å². The first kappa shape index (κ1) is 16.9. The molecule has 0 radical (unpaired) electrons. The quantitative estimate of drug-likeness (QED) is 0.783. The van der Waals surface area contributed by atoms with E-state index in [-0.39, 0.29) is 6.42 Å². The van der Waals surface area contributed by atoms with Crippen molar-refractivity contribution >= 4 is 0 Å². The Morgan fingerprint density at radius 2 is 1.70 bits per heavy atom. The summed E-state index contributed by atoms with van der Waals surface area (Å²) in [4.78, 5) is 0. The fourth-order valence-corrected chi connectivity index (χ4v) is 1.91. The van der Waals surface area contributed by atoms with Gasteiger partial charge in [0.1, 0.15) is 6.61 Å². The molecule has 0 spiro atoms. The van der Waals surface area contributed by atoms with Crippen LogP contribution in [0.1, 0.15) is 16.7 Å². The number of hydrogen-bond donors (Lipinski definition) is 1. The highest BCUT2D eigenvalue weighted by molar-refractivity contribution is 5.28. The van der Waals surface area contributed by atoms with Crippen molar-refractivity contribution in [3.05, 3.63) is 34.9 Å². The first-order chi connectivity index (χ1) is 9.20. The highest BCUT2D eigenvalue weighted by Crippen LogP contribution is 2.23. The molecule has 0 bridgehead atoms. The predicted molar refractivity (Wildman–Crippen MR) is 67.4 cm³/mol. The molecule has 0 saturated heterocycles. The minimum atomic E-state index is -4.18. The minimum absolute atomic E-state index is 0.225. The van der Waals surface area contributed by atoms with Gasteiger partial charge in [0.05, 0.1) is 12.7 Å². The summed E-state index contributed by atoms with van der Waals surface area (Å²) >= 11 is 0. The molecule has 0 aliphatic heterocycles. The lowest BCUT2D eigenvalue weighted by Crippen LogP contribution is -2.34. The second-order valence-corrected chi connectivity index (χ2v) is 4.93. The van der Waals surface area contributed by atoms with Gasteiger partial charge in [-0.2, -0.15) is 8.78 Å². The molecule has 20 heavy (non-hydrogen) atoms. The monoisotopic (exact) mass is 294 g/mol. The maximum atomic E-state index is 12.6. The average Bonchev–Trinajstić information content (AvgIpc) is 2.26. The van der Waals surface area contributed by atoms with Crippen molar-refractivity contribution in [3.63, 3.8) is 0 Å². The lowest BCUT2D eigenvalue weighted by molar-refractivity contribution is -0.170. The minimum Gasteiger partial charge on any atom is -0.390 e. The molecule has 2 nitrogen and oxygen atoms in total. The largest absolute Gasteiger partial charge is 0.390 e. The van der Waals surface area contributed by atoms with Crippen LogP contribution in [0.5, 0.6) is 0 Å².